The van der Waals surface area contributed by atoms with Gasteiger partial charge < -0.3 is 25.3 Å². The number of benzene rings is 3. The van der Waals surface area contributed by atoms with E-state index in [0.29, 0.717) is 5.69 Å². The number of rotatable bonds is 8. The van der Waals surface area contributed by atoms with E-state index < -0.39 is 23.7 Å². The third-order valence-corrected chi connectivity index (χ3v) is 7.15. The van der Waals surface area contributed by atoms with Crippen LogP contribution in [0.5, 0.6) is 0 Å². The van der Waals surface area contributed by atoms with Crippen LogP contribution in [0.25, 0.3) is 22.5 Å². The van der Waals surface area contributed by atoms with E-state index >= 15 is 0 Å². The number of nitrogens with one attached hydrogen (secondary N) is 4. The predicted molar refractivity (Wildman–Crippen MR) is 178 cm³/mol. The number of aromatic amines is 1. The summed E-state index contributed by atoms with van der Waals surface area (Å²) in [6.45, 7) is 13.3. The summed E-state index contributed by atoms with van der Waals surface area (Å²) in [6, 6.07) is 25.7. The third-order valence-electron chi connectivity index (χ3n) is 7.15. The number of amides is 1. The van der Waals surface area contributed by atoms with Crippen molar-refractivity contribution in [3.63, 3.8) is 0 Å². The summed E-state index contributed by atoms with van der Waals surface area (Å²) in [6.07, 6.45) is -1.58. The second-order valence-electron chi connectivity index (χ2n) is 13.2. The van der Waals surface area contributed by atoms with Gasteiger partial charge in [-0.25, -0.2) is 4.79 Å². The molecule has 0 saturated carbocycles. The minimum absolute atomic E-state index is 0.00480. The van der Waals surface area contributed by atoms with Gasteiger partial charge in [0, 0.05) is 22.9 Å². The summed E-state index contributed by atoms with van der Waals surface area (Å²) in [4.78, 5) is 12.1. The molecule has 1 aromatic heterocycles. The molecule has 236 valence electrons. The van der Waals surface area contributed by atoms with Gasteiger partial charge in [0.15, 0.2) is 0 Å². The number of hydrazone groups is 1. The van der Waals surface area contributed by atoms with Gasteiger partial charge in [-0.1, -0.05) is 49.4 Å². The Morgan fingerprint density at radius 1 is 0.867 bits per heavy atom. The Hall–Kier alpha value is -4.67. The number of aliphatic hydroxyl groups is 1. The summed E-state index contributed by atoms with van der Waals surface area (Å²) in [5.41, 5.74) is 10.4. The van der Waals surface area contributed by atoms with Crippen LogP contribution >= 0.6 is 0 Å². The van der Waals surface area contributed by atoms with E-state index in [4.69, 9.17) is 14.6 Å². The van der Waals surface area contributed by atoms with Crippen molar-refractivity contribution < 1.29 is 19.4 Å². The van der Waals surface area contributed by atoms with Crippen molar-refractivity contribution in [2.45, 2.75) is 72.1 Å². The van der Waals surface area contributed by atoms with Gasteiger partial charge in [0.25, 0.3) is 0 Å². The average molecular weight is 611 g/mol. The van der Waals surface area contributed by atoms with Crippen LogP contribution in [-0.4, -0.2) is 44.7 Å². The van der Waals surface area contributed by atoms with Gasteiger partial charge in [-0.15, -0.1) is 0 Å². The highest BCUT2D eigenvalue weighted by molar-refractivity contribution is 6.04. The zero-order valence-electron chi connectivity index (χ0n) is 26.8. The quantitative estimate of drug-likeness (QED) is 0.132. The van der Waals surface area contributed by atoms with Gasteiger partial charge in [-0.2, -0.15) is 10.2 Å². The fourth-order valence-corrected chi connectivity index (χ4v) is 5.10. The number of nitrogens with zero attached hydrogens (tertiary/aromatic N) is 2. The summed E-state index contributed by atoms with van der Waals surface area (Å²) >= 11 is 0. The van der Waals surface area contributed by atoms with Crippen LogP contribution in [0.2, 0.25) is 0 Å². The first kappa shape index (κ1) is 31.7. The van der Waals surface area contributed by atoms with Gasteiger partial charge in [-0.3, -0.25) is 10.4 Å². The molecule has 1 aliphatic rings. The zero-order valence-corrected chi connectivity index (χ0v) is 26.8. The number of hydrogen-bond acceptors (Lipinski definition) is 8. The minimum atomic E-state index is -1.10. The van der Waals surface area contributed by atoms with Crippen LogP contribution in [0.4, 0.5) is 16.2 Å². The molecular formula is C35H42N6O4. The molecule has 0 radical (unpaired) electrons. The Morgan fingerprint density at radius 2 is 1.53 bits per heavy atom. The van der Waals surface area contributed by atoms with Crippen molar-refractivity contribution >= 4 is 23.2 Å². The van der Waals surface area contributed by atoms with Crippen LogP contribution in [0.3, 0.4) is 0 Å². The Balaban J connectivity index is 1.23. The van der Waals surface area contributed by atoms with Crippen LogP contribution in [0, 0.1) is 5.92 Å². The van der Waals surface area contributed by atoms with E-state index in [1.807, 2.05) is 108 Å². The second-order valence-corrected chi connectivity index (χ2v) is 13.2. The molecular weight excluding hydrogens is 568 g/mol. The lowest BCUT2D eigenvalue weighted by atomic mass is 9.88. The normalized spacial score (nSPS) is 17.3. The van der Waals surface area contributed by atoms with E-state index in [1.54, 1.807) is 0 Å². The Kier molecular flexibility index (Phi) is 8.99. The molecule has 0 bridgehead atoms. The highest BCUT2D eigenvalue weighted by atomic mass is 16.6. The van der Waals surface area contributed by atoms with Crippen molar-refractivity contribution in [2.75, 3.05) is 10.6 Å². The number of anilines is 2. The minimum Gasteiger partial charge on any atom is -0.444 e. The van der Waals surface area contributed by atoms with Crippen molar-refractivity contribution in [1.82, 2.24) is 15.6 Å². The Labute approximate surface area is 264 Å². The van der Waals surface area contributed by atoms with Crippen LogP contribution < -0.4 is 16.1 Å². The molecule has 0 saturated heterocycles. The van der Waals surface area contributed by atoms with E-state index in [9.17, 15) is 9.90 Å². The molecule has 4 aromatic rings. The summed E-state index contributed by atoms with van der Waals surface area (Å²) in [5.74, 6) is 0.110. The fraction of sp³-hybridized carbons (Fsp3) is 0.343. The summed E-state index contributed by atoms with van der Waals surface area (Å²) in [5, 5.41) is 28.3. The lowest BCUT2D eigenvalue weighted by Gasteiger charge is -2.24. The van der Waals surface area contributed by atoms with E-state index in [2.05, 4.69) is 45.3 Å². The third kappa shape index (κ3) is 8.29. The van der Waals surface area contributed by atoms with Gasteiger partial charge in [0.1, 0.15) is 5.60 Å². The van der Waals surface area contributed by atoms with Crippen LogP contribution in [0.15, 0.2) is 84.0 Å². The molecule has 3 aromatic carbocycles. The number of hydrogen-bond donors (Lipinski definition) is 5. The molecule has 5 rings (SSSR count). The number of ether oxygens (including phenoxy) is 2. The maximum absolute atomic E-state index is 12.1. The maximum Gasteiger partial charge on any atom is 0.412 e. The molecule has 1 amide bonds. The highest BCUT2D eigenvalue weighted by Crippen LogP contribution is 2.33. The first-order chi connectivity index (χ1) is 21.2. The van der Waals surface area contributed by atoms with Crippen molar-refractivity contribution in [3.8, 4) is 22.5 Å². The first-order valence-corrected chi connectivity index (χ1v) is 15.1. The van der Waals surface area contributed by atoms with Gasteiger partial charge >= 0.3 is 6.09 Å². The van der Waals surface area contributed by atoms with Crippen molar-refractivity contribution in [3.05, 3.63) is 90.0 Å². The molecule has 3 unspecified atom stereocenters. The molecule has 1 aliphatic heterocycles. The van der Waals surface area contributed by atoms with E-state index in [-0.39, 0.29) is 12.0 Å². The summed E-state index contributed by atoms with van der Waals surface area (Å²) < 4.78 is 10.9. The molecule has 10 nitrogen and oxygen atoms in total. The molecule has 0 spiro atoms. The lowest BCUT2D eigenvalue weighted by molar-refractivity contribution is -0.148. The van der Waals surface area contributed by atoms with Crippen molar-refractivity contribution in [1.29, 1.82) is 0 Å². The first-order valence-electron chi connectivity index (χ1n) is 15.1. The van der Waals surface area contributed by atoms with E-state index in [1.165, 1.54) is 0 Å². The Bertz CT molecular complexity index is 1650. The maximum atomic E-state index is 12.1. The molecule has 0 aliphatic carbocycles. The molecule has 5 N–H and O–H groups in total. The topological polar surface area (TPSA) is 133 Å². The molecule has 2 heterocycles. The van der Waals surface area contributed by atoms with Crippen LogP contribution in [-0.2, 0) is 9.47 Å². The standard InChI is InChI=1S/C35H42N6O4/c1-21-30(23-13-17-27(18-14-23)37-33(43)45-35(5,6)7)40-41-31(21)25-10-8-9-24(19-25)29-20-28(38-39-29)22-11-15-26(16-12-22)36-32(42)44-34(2,3)4/h8-21,30,32,36,40,42H,1-7H3,(H,37,43)(H,38,39). The molecule has 45 heavy (non-hydrogen) atoms. The summed E-state index contributed by atoms with van der Waals surface area (Å²) in [7, 11) is 0. The zero-order chi connectivity index (χ0) is 32.4. The fourth-order valence-electron chi connectivity index (χ4n) is 5.10. The van der Waals surface area contributed by atoms with Gasteiger partial charge in [0.2, 0.25) is 6.41 Å². The highest BCUT2D eigenvalue weighted by Gasteiger charge is 2.30. The largest absolute Gasteiger partial charge is 0.444 e. The lowest BCUT2D eigenvalue weighted by Crippen LogP contribution is -2.32. The van der Waals surface area contributed by atoms with Crippen LogP contribution in [0.1, 0.15) is 65.6 Å². The molecule has 10 heteroatoms. The predicted octanol–water partition coefficient (Wildman–Crippen LogP) is 7.28. The number of carbonyl (C=O) groups excluding carboxylic acids is 1. The Morgan fingerprint density at radius 3 is 2.20 bits per heavy atom. The number of aliphatic hydroxyl groups excluding tert-OH is 1. The average Bonchev–Trinajstić information content (AvgIpc) is 3.59. The molecule has 0 fully saturated rings. The van der Waals surface area contributed by atoms with Crippen molar-refractivity contribution in [2.24, 2.45) is 11.0 Å². The SMILES string of the molecule is CC1C(c2cccc(-c3cc(-c4ccc(NC(O)OC(C)(C)C)cc4)[nH]n3)c2)=NNC1c1ccc(NC(=O)OC(C)(C)C)cc1. The number of carbonyl (C=O) groups is 1. The van der Waals surface area contributed by atoms with Gasteiger partial charge in [-0.05, 0) is 94.6 Å². The number of aromatic nitrogens is 2. The molecule has 3 atom stereocenters. The smallest absolute Gasteiger partial charge is 0.412 e. The monoisotopic (exact) mass is 610 g/mol. The second kappa shape index (κ2) is 12.7. The van der Waals surface area contributed by atoms with Gasteiger partial charge in [0.05, 0.1) is 28.7 Å². The number of H-pyrrole nitrogens is 1. The van der Waals surface area contributed by atoms with E-state index in [0.717, 1.165) is 45.0 Å².